The van der Waals surface area contributed by atoms with Crippen LogP contribution < -0.4 is 5.32 Å². The Kier molecular flexibility index (Phi) is 5.26. The zero-order valence-corrected chi connectivity index (χ0v) is 13.8. The summed E-state index contributed by atoms with van der Waals surface area (Å²) in [5.41, 5.74) is 0.700. The Morgan fingerprint density at radius 3 is 2.83 bits per heavy atom. The maximum Gasteiger partial charge on any atom is 0.152 e. The number of aliphatic hydroxyl groups is 1. The number of pyridine rings is 1. The summed E-state index contributed by atoms with van der Waals surface area (Å²) in [6, 6.07) is 3.74. The minimum absolute atomic E-state index is 0.126. The highest BCUT2D eigenvalue weighted by molar-refractivity contribution is 5.91. The number of aliphatic hydroxyl groups excluding tert-OH is 1. The molecule has 2 N–H and O–H groups in total. The summed E-state index contributed by atoms with van der Waals surface area (Å²) < 4.78 is 27.2. The molecule has 2 aromatic rings. The van der Waals surface area contributed by atoms with Crippen LogP contribution in [-0.4, -0.2) is 47.3 Å². The largest absolute Gasteiger partial charge is 0.390 e. The van der Waals surface area contributed by atoms with Gasteiger partial charge >= 0.3 is 0 Å². The summed E-state index contributed by atoms with van der Waals surface area (Å²) in [7, 11) is 0. The number of β-amino-alcohol motifs (C(OH)–C–C–N with tert-alkyl or cyclic N) is 1. The quantitative estimate of drug-likeness (QED) is 0.882. The Morgan fingerprint density at radius 1 is 1.33 bits per heavy atom. The first kappa shape index (κ1) is 17.0. The predicted octanol–water partition coefficient (Wildman–Crippen LogP) is 3.02. The van der Waals surface area contributed by atoms with E-state index in [9.17, 15) is 13.9 Å². The summed E-state index contributed by atoms with van der Waals surface area (Å²) in [6.07, 6.45) is 3.26. The molecule has 130 valence electrons. The molecule has 24 heavy (non-hydrogen) atoms. The van der Waals surface area contributed by atoms with Gasteiger partial charge in [-0.2, -0.15) is 0 Å². The van der Waals surface area contributed by atoms with E-state index < -0.39 is 17.7 Å². The van der Waals surface area contributed by atoms with E-state index in [1.807, 2.05) is 0 Å². The Hall–Kier alpha value is -1.79. The van der Waals surface area contributed by atoms with Crippen molar-refractivity contribution in [3.63, 3.8) is 0 Å². The molecule has 1 aromatic carbocycles. The van der Waals surface area contributed by atoms with Crippen LogP contribution in [0.25, 0.3) is 10.9 Å². The number of hydrogen-bond donors (Lipinski definition) is 2. The third-order valence-corrected chi connectivity index (χ3v) is 4.64. The molecule has 1 aromatic heterocycles. The lowest BCUT2D eigenvalue weighted by atomic mass is 9.99. The van der Waals surface area contributed by atoms with Crippen molar-refractivity contribution < 1.29 is 13.9 Å². The summed E-state index contributed by atoms with van der Waals surface area (Å²) in [6.45, 7) is 5.19. The molecule has 0 bridgehead atoms. The van der Waals surface area contributed by atoms with E-state index in [2.05, 4.69) is 22.1 Å². The molecule has 1 fully saturated rings. The molecule has 2 heterocycles. The van der Waals surface area contributed by atoms with E-state index in [-0.39, 0.29) is 5.52 Å². The Labute approximate surface area is 140 Å². The molecule has 0 radical (unpaired) electrons. The van der Waals surface area contributed by atoms with Gasteiger partial charge in [-0.25, -0.2) is 8.78 Å². The molecule has 4 nitrogen and oxygen atoms in total. The Balaban J connectivity index is 1.63. The molecule has 3 rings (SSSR count). The third-order valence-electron chi connectivity index (χ3n) is 4.64. The van der Waals surface area contributed by atoms with Crippen LogP contribution in [0.15, 0.2) is 24.4 Å². The van der Waals surface area contributed by atoms with Crippen LogP contribution in [0.5, 0.6) is 0 Å². The van der Waals surface area contributed by atoms with Crippen LogP contribution in [0, 0.1) is 17.6 Å². The van der Waals surface area contributed by atoms with Crippen molar-refractivity contribution in [2.45, 2.75) is 25.9 Å². The summed E-state index contributed by atoms with van der Waals surface area (Å²) in [5, 5.41) is 13.7. The number of nitrogens with one attached hydrogen (secondary N) is 1. The molecule has 1 unspecified atom stereocenters. The van der Waals surface area contributed by atoms with Crippen molar-refractivity contribution in [3.8, 4) is 0 Å². The van der Waals surface area contributed by atoms with Crippen molar-refractivity contribution in [2.24, 2.45) is 5.92 Å². The van der Waals surface area contributed by atoms with E-state index in [4.69, 9.17) is 0 Å². The van der Waals surface area contributed by atoms with E-state index in [1.165, 1.54) is 12.3 Å². The molecule has 0 spiro atoms. The van der Waals surface area contributed by atoms with E-state index >= 15 is 0 Å². The molecule has 0 amide bonds. The molecule has 0 aliphatic carbocycles. The predicted molar refractivity (Wildman–Crippen MR) is 91.0 cm³/mol. The highest BCUT2D eigenvalue weighted by atomic mass is 19.1. The van der Waals surface area contributed by atoms with Crippen molar-refractivity contribution in [1.82, 2.24) is 9.88 Å². The first-order valence-corrected chi connectivity index (χ1v) is 8.41. The van der Waals surface area contributed by atoms with Gasteiger partial charge in [0.25, 0.3) is 0 Å². The van der Waals surface area contributed by atoms with Crippen molar-refractivity contribution in [2.75, 3.05) is 31.5 Å². The maximum atomic E-state index is 13.8. The second-order valence-corrected chi connectivity index (χ2v) is 6.66. The molecule has 6 heteroatoms. The lowest BCUT2D eigenvalue weighted by Gasteiger charge is -2.31. The van der Waals surface area contributed by atoms with Gasteiger partial charge in [0, 0.05) is 36.4 Å². The number of halogens is 2. The molecular formula is C18H23F2N3O. The number of piperidine rings is 1. The second kappa shape index (κ2) is 7.40. The van der Waals surface area contributed by atoms with Gasteiger partial charge in [0.1, 0.15) is 11.3 Å². The standard InChI is InChI=1S/C18H23F2N3O/c1-12-3-6-23(7-4-12)11-14(24)10-22-17-2-5-21-18-15(17)8-13(19)9-16(18)20/h2,5,8-9,12,14,24H,3-4,6-7,10-11H2,1H3,(H,21,22). The fourth-order valence-corrected chi connectivity index (χ4v) is 3.17. The molecule has 1 saturated heterocycles. The number of aromatic nitrogens is 1. The normalized spacial score (nSPS) is 18.0. The van der Waals surface area contributed by atoms with Crippen molar-refractivity contribution >= 4 is 16.6 Å². The van der Waals surface area contributed by atoms with Crippen molar-refractivity contribution in [1.29, 1.82) is 0 Å². The van der Waals surface area contributed by atoms with E-state index in [0.29, 0.717) is 24.2 Å². The van der Waals surface area contributed by atoms with Gasteiger partial charge in [0.15, 0.2) is 5.82 Å². The van der Waals surface area contributed by atoms with Crippen LogP contribution >= 0.6 is 0 Å². The zero-order valence-electron chi connectivity index (χ0n) is 13.8. The number of benzene rings is 1. The molecule has 1 aliphatic rings. The first-order valence-electron chi connectivity index (χ1n) is 8.41. The molecule has 0 saturated carbocycles. The number of nitrogens with zero attached hydrogens (tertiary/aromatic N) is 2. The van der Waals surface area contributed by atoms with Crippen LogP contribution in [0.2, 0.25) is 0 Å². The van der Waals surface area contributed by atoms with Crippen LogP contribution in [0.4, 0.5) is 14.5 Å². The van der Waals surface area contributed by atoms with Gasteiger partial charge in [0.2, 0.25) is 0 Å². The van der Waals surface area contributed by atoms with Gasteiger partial charge in [0.05, 0.1) is 6.10 Å². The lowest BCUT2D eigenvalue weighted by molar-refractivity contribution is 0.0990. The smallest absolute Gasteiger partial charge is 0.152 e. The number of fused-ring (bicyclic) bond motifs is 1. The van der Waals surface area contributed by atoms with Gasteiger partial charge in [-0.05, 0) is 44.0 Å². The zero-order chi connectivity index (χ0) is 17.1. The number of rotatable bonds is 5. The average Bonchev–Trinajstić information content (AvgIpc) is 2.55. The molecule has 1 atom stereocenters. The van der Waals surface area contributed by atoms with Gasteiger partial charge in [-0.3, -0.25) is 4.98 Å². The average molecular weight is 335 g/mol. The minimum atomic E-state index is -0.684. The first-order chi connectivity index (χ1) is 11.5. The van der Waals surface area contributed by atoms with Gasteiger partial charge in [-0.1, -0.05) is 6.92 Å². The number of anilines is 1. The van der Waals surface area contributed by atoms with Crippen molar-refractivity contribution in [3.05, 3.63) is 36.0 Å². The monoisotopic (exact) mass is 335 g/mol. The van der Waals surface area contributed by atoms with Crippen LogP contribution in [0.3, 0.4) is 0 Å². The molecule has 1 aliphatic heterocycles. The molecular weight excluding hydrogens is 312 g/mol. The Bertz CT molecular complexity index is 702. The van der Waals surface area contributed by atoms with E-state index in [0.717, 1.165) is 37.9 Å². The van der Waals surface area contributed by atoms with E-state index in [1.54, 1.807) is 6.07 Å². The summed E-state index contributed by atoms with van der Waals surface area (Å²) in [4.78, 5) is 6.22. The highest BCUT2D eigenvalue weighted by Crippen LogP contribution is 2.25. The second-order valence-electron chi connectivity index (χ2n) is 6.66. The fourth-order valence-electron chi connectivity index (χ4n) is 3.17. The van der Waals surface area contributed by atoms with Gasteiger partial charge < -0.3 is 15.3 Å². The highest BCUT2D eigenvalue weighted by Gasteiger charge is 2.18. The summed E-state index contributed by atoms with van der Waals surface area (Å²) in [5.74, 6) is -0.569. The maximum absolute atomic E-state index is 13.8. The van der Waals surface area contributed by atoms with Crippen LogP contribution in [-0.2, 0) is 0 Å². The lowest BCUT2D eigenvalue weighted by Crippen LogP contribution is -2.40. The van der Waals surface area contributed by atoms with Crippen LogP contribution in [0.1, 0.15) is 19.8 Å². The third kappa shape index (κ3) is 3.99. The fraction of sp³-hybridized carbons (Fsp3) is 0.500. The minimum Gasteiger partial charge on any atom is -0.390 e. The van der Waals surface area contributed by atoms with Gasteiger partial charge in [-0.15, -0.1) is 0 Å². The SMILES string of the molecule is CC1CCN(CC(O)CNc2ccnc3c(F)cc(F)cc23)CC1. The Morgan fingerprint density at radius 2 is 2.08 bits per heavy atom. The topological polar surface area (TPSA) is 48.4 Å². The number of hydrogen-bond acceptors (Lipinski definition) is 4. The number of likely N-dealkylation sites (tertiary alicyclic amines) is 1. The summed E-state index contributed by atoms with van der Waals surface area (Å²) >= 11 is 0.